The van der Waals surface area contributed by atoms with Gasteiger partial charge in [-0.25, -0.2) is 0 Å². The average molecular weight is 274 g/mol. The van der Waals surface area contributed by atoms with Crippen molar-refractivity contribution >= 4 is 7.60 Å². The van der Waals surface area contributed by atoms with Crippen LogP contribution in [0.1, 0.15) is 32.6 Å². The number of hydrogen-bond donors (Lipinski definition) is 0. The molecule has 0 amide bonds. The van der Waals surface area contributed by atoms with Crippen LogP contribution in [0.25, 0.3) is 0 Å². The van der Waals surface area contributed by atoms with Crippen molar-refractivity contribution in [1.82, 2.24) is 0 Å². The van der Waals surface area contributed by atoms with Gasteiger partial charge in [0.1, 0.15) is 0 Å². The van der Waals surface area contributed by atoms with Crippen LogP contribution in [0.3, 0.4) is 0 Å². The molecule has 0 bridgehead atoms. The molecule has 104 valence electrons. The highest BCUT2D eigenvalue weighted by Crippen LogP contribution is 2.74. The molecule has 6 atom stereocenters. The van der Waals surface area contributed by atoms with Crippen molar-refractivity contribution in [3.05, 3.63) is 0 Å². The van der Waals surface area contributed by atoms with E-state index >= 15 is 0 Å². The van der Waals surface area contributed by atoms with Crippen molar-refractivity contribution in [2.75, 3.05) is 20.9 Å². The second kappa shape index (κ2) is 3.82. The van der Waals surface area contributed by atoms with E-state index in [2.05, 4.69) is 6.92 Å². The molecule has 3 aliphatic carbocycles. The molecule has 18 heavy (non-hydrogen) atoms. The number of hydrogen-bond acceptors (Lipinski definition) is 4. The second-order valence-corrected chi connectivity index (χ2v) is 8.56. The Morgan fingerprint density at radius 1 is 1.22 bits per heavy atom. The van der Waals surface area contributed by atoms with E-state index in [4.69, 9.17) is 13.8 Å². The van der Waals surface area contributed by atoms with E-state index in [9.17, 15) is 4.57 Å². The molecule has 3 aliphatic rings. The minimum atomic E-state index is -2.91. The largest absolute Gasteiger partial charge is 0.378 e. The normalized spacial score (nSPS) is 52.8. The monoisotopic (exact) mass is 274 g/mol. The average Bonchev–Trinajstić information content (AvgIpc) is 2.74. The fourth-order valence-electron chi connectivity index (χ4n) is 4.55. The van der Waals surface area contributed by atoms with Gasteiger partial charge in [-0.05, 0) is 37.5 Å². The molecule has 0 radical (unpaired) electrons. The minimum absolute atomic E-state index is 0.0317. The number of methoxy groups -OCH3 is 1. The van der Waals surface area contributed by atoms with Gasteiger partial charge in [0.05, 0.1) is 11.2 Å². The summed E-state index contributed by atoms with van der Waals surface area (Å²) in [5, 5.41) is 0. The molecule has 0 saturated heterocycles. The van der Waals surface area contributed by atoms with Crippen LogP contribution in [-0.4, -0.2) is 32.1 Å². The summed E-state index contributed by atoms with van der Waals surface area (Å²) in [5.74, 6) is 1.56. The van der Waals surface area contributed by atoms with Gasteiger partial charge in [-0.15, -0.1) is 0 Å². The molecule has 0 aromatic rings. The van der Waals surface area contributed by atoms with Crippen LogP contribution < -0.4 is 0 Å². The van der Waals surface area contributed by atoms with Crippen LogP contribution in [0.4, 0.5) is 0 Å². The maximum absolute atomic E-state index is 12.1. The smallest absolute Gasteiger partial charge is 0.327 e. The first kappa shape index (κ1) is 13.1. The summed E-state index contributed by atoms with van der Waals surface area (Å²) in [5.41, 5.74) is -0.253. The Labute approximate surface area is 109 Å². The first-order valence-electron chi connectivity index (χ1n) is 6.76. The van der Waals surface area contributed by atoms with Gasteiger partial charge in [0.15, 0.2) is 0 Å². The van der Waals surface area contributed by atoms with Crippen molar-refractivity contribution in [3.63, 3.8) is 0 Å². The molecule has 0 aromatic heterocycles. The van der Waals surface area contributed by atoms with E-state index in [0.717, 1.165) is 25.7 Å². The SMILES string of the molecule is COC12CC3C[C@]3(OP(C)(=O)OC)C1C[C@@H](C)C2. The molecule has 5 heteroatoms. The molecule has 0 aromatic carbocycles. The Hall–Kier alpha value is 0.110. The van der Waals surface area contributed by atoms with Crippen molar-refractivity contribution in [2.45, 2.75) is 43.8 Å². The molecule has 0 spiro atoms. The predicted octanol–water partition coefficient (Wildman–Crippen LogP) is 3.07. The van der Waals surface area contributed by atoms with Gasteiger partial charge in [0.2, 0.25) is 0 Å². The number of fused-ring (bicyclic) bond motifs is 3. The summed E-state index contributed by atoms with van der Waals surface area (Å²) in [6, 6.07) is 0. The van der Waals surface area contributed by atoms with Crippen LogP contribution >= 0.6 is 7.60 Å². The van der Waals surface area contributed by atoms with Crippen molar-refractivity contribution in [2.24, 2.45) is 17.8 Å². The van der Waals surface area contributed by atoms with Crippen LogP contribution in [0.5, 0.6) is 0 Å². The fraction of sp³-hybridized carbons (Fsp3) is 1.00. The third-order valence-electron chi connectivity index (χ3n) is 5.32. The van der Waals surface area contributed by atoms with Crippen LogP contribution in [0.2, 0.25) is 0 Å². The summed E-state index contributed by atoms with van der Waals surface area (Å²) in [6.07, 6.45) is 4.31. The van der Waals surface area contributed by atoms with Gasteiger partial charge in [-0.1, -0.05) is 6.92 Å². The lowest BCUT2D eigenvalue weighted by molar-refractivity contribution is -0.0605. The Balaban J connectivity index is 1.86. The Morgan fingerprint density at radius 2 is 1.94 bits per heavy atom. The van der Waals surface area contributed by atoms with Crippen molar-refractivity contribution in [3.8, 4) is 0 Å². The van der Waals surface area contributed by atoms with Gasteiger partial charge in [-0.2, -0.15) is 0 Å². The van der Waals surface area contributed by atoms with E-state index in [0.29, 0.717) is 17.8 Å². The van der Waals surface area contributed by atoms with Gasteiger partial charge in [0.25, 0.3) is 0 Å². The highest BCUT2D eigenvalue weighted by Gasteiger charge is 2.76. The molecule has 3 rings (SSSR count). The standard InChI is InChI=1S/C13H23O4P/c1-9-5-11-12(6-9,15-2)7-10-8-13(10,11)17-18(4,14)16-3/h9-11H,5-8H2,1-4H3/t9-,10?,11?,12?,13-,18?/m1/s1. The third-order valence-corrected chi connectivity index (χ3v) is 6.65. The third kappa shape index (κ3) is 1.66. The van der Waals surface area contributed by atoms with Gasteiger partial charge >= 0.3 is 7.60 Å². The summed E-state index contributed by atoms with van der Waals surface area (Å²) in [6.45, 7) is 3.84. The minimum Gasteiger partial charge on any atom is -0.378 e. The highest BCUT2D eigenvalue weighted by atomic mass is 31.2. The van der Waals surface area contributed by atoms with Gasteiger partial charge < -0.3 is 13.8 Å². The number of rotatable bonds is 4. The van der Waals surface area contributed by atoms with Crippen molar-refractivity contribution in [1.29, 1.82) is 0 Å². The first-order chi connectivity index (χ1) is 8.37. The predicted molar refractivity (Wildman–Crippen MR) is 68.7 cm³/mol. The maximum Gasteiger partial charge on any atom is 0.327 e. The molecule has 0 N–H and O–H groups in total. The van der Waals surface area contributed by atoms with Gasteiger partial charge in [0, 0.05) is 26.8 Å². The second-order valence-electron chi connectivity index (χ2n) is 6.47. The van der Waals surface area contributed by atoms with E-state index < -0.39 is 7.60 Å². The molecule has 3 fully saturated rings. The zero-order chi connectivity index (χ0) is 13.2. The molecular formula is C13H23O4P. The molecule has 3 saturated carbocycles. The highest BCUT2D eigenvalue weighted by molar-refractivity contribution is 7.53. The molecule has 4 unspecified atom stereocenters. The molecular weight excluding hydrogens is 251 g/mol. The summed E-state index contributed by atoms with van der Waals surface area (Å²) in [4.78, 5) is 0. The summed E-state index contributed by atoms with van der Waals surface area (Å²) >= 11 is 0. The van der Waals surface area contributed by atoms with Crippen molar-refractivity contribution < 1.29 is 18.3 Å². The zero-order valence-corrected chi connectivity index (χ0v) is 12.5. The zero-order valence-electron chi connectivity index (χ0n) is 11.6. The van der Waals surface area contributed by atoms with Crippen LogP contribution in [-0.2, 0) is 18.3 Å². The Kier molecular flexibility index (Phi) is 2.78. The van der Waals surface area contributed by atoms with Gasteiger partial charge in [-0.3, -0.25) is 4.57 Å². The van der Waals surface area contributed by atoms with E-state index in [1.807, 2.05) is 7.11 Å². The molecule has 0 aliphatic heterocycles. The Morgan fingerprint density at radius 3 is 2.56 bits per heavy atom. The molecule has 4 nitrogen and oxygen atoms in total. The number of ether oxygens (including phenoxy) is 1. The lowest BCUT2D eigenvalue weighted by Crippen LogP contribution is -2.38. The maximum atomic E-state index is 12.1. The summed E-state index contributed by atoms with van der Waals surface area (Å²) < 4.78 is 29.0. The topological polar surface area (TPSA) is 44.8 Å². The summed E-state index contributed by atoms with van der Waals surface area (Å²) in [7, 11) is 0.363. The first-order valence-corrected chi connectivity index (χ1v) is 8.75. The lowest BCUT2D eigenvalue weighted by atomic mass is 9.88. The van der Waals surface area contributed by atoms with Crippen LogP contribution in [0.15, 0.2) is 0 Å². The fourth-order valence-corrected chi connectivity index (χ4v) is 5.59. The van der Waals surface area contributed by atoms with E-state index in [1.54, 1.807) is 6.66 Å². The molecule has 0 heterocycles. The van der Waals surface area contributed by atoms with E-state index in [1.165, 1.54) is 7.11 Å². The van der Waals surface area contributed by atoms with E-state index in [-0.39, 0.29) is 11.2 Å². The lowest BCUT2D eigenvalue weighted by Gasteiger charge is -2.34. The van der Waals surface area contributed by atoms with Crippen LogP contribution in [0, 0.1) is 17.8 Å². The Bertz CT molecular complexity index is 412. The quantitative estimate of drug-likeness (QED) is 0.739.